The van der Waals surface area contributed by atoms with Gasteiger partial charge in [-0.1, -0.05) is 23.7 Å². The Balaban J connectivity index is 1.57. The first-order valence-electron chi connectivity index (χ1n) is 8.15. The maximum Gasteiger partial charge on any atom is 0.260 e. The molecule has 0 aliphatic carbocycles. The second-order valence-corrected chi connectivity index (χ2v) is 7.27. The number of aromatic amines is 1. The molecule has 3 heterocycles. The van der Waals surface area contributed by atoms with Crippen LogP contribution in [0.1, 0.15) is 24.4 Å². The molecule has 26 heavy (non-hydrogen) atoms. The molecule has 1 atom stereocenters. The van der Waals surface area contributed by atoms with Gasteiger partial charge >= 0.3 is 0 Å². The Bertz CT molecular complexity index is 1100. The highest BCUT2D eigenvalue weighted by Crippen LogP contribution is 2.30. The molecule has 0 radical (unpaired) electrons. The van der Waals surface area contributed by atoms with Crippen LogP contribution in [0.3, 0.4) is 0 Å². The number of benzene rings is 1. The van der Waals surface area contributed by atoms with Crippen molar-refractivity contribution in [3.05, 3.63) is 74.8 Å². The van der Waals surface area contributed by atoms with Crippen molar-refractivity contribution in [1.29, 1.82) is 0 Å². The molecule has 4 rings (SSSR count). The minimum atomic E-state index is -0.158. The predicted octanol–water partition coefficient (Wildman–Crippen LogP) is 4.75. The zero-order valence-electron chi connectivity index (χ0n) is 14.0. The summed E-state index contributed by atoms with van der Waals surface area (Å²) in [7, 11) is 0. The Morgan fingerprint density at radius 3 is 3.00 bits per heavy atom. The maximum atomic E-state index is 12.6. The molecule has 0 fully saturated rings. The van der Waals surface area contributed by atoms with Crippen LogP contribution in [0.15, 0.2) is 57.3 Å². The van der Waals surface area contributed by atoms with Crippen LogP contribution in [-0.4, -0.2) is 9.97 Å². The minimum Gasteiger partial charge on any atom is -0.464 e. The monoisotopic (exact) mass is 385 g/mol. The fourth-order valence-electron chi connectivity index (χ4n) is 2.83. The number of H-pyrrole nitrogens is 1. The van der Waals surface area contributed by atoms with Gasteiger partial charge < -0.3 is 14.7 Å². The van der Waals surface area contributed by atoms with E-state index in [1.54, 1.807) is 12.3 Å². The lowest BCUT2D eigenvalue weighted by Crippen LogP contribution is -2.22. The first kappa shape index (κ1) is 17.0. The quantitative estimate of drug-likeness (QED) is 0.520. The second kappa shape index (κ2) is 7.07. The maximum absolute atomic E-state index is 12.6. The van der Waals surface area contributed by atoms with Crippen LogP contribution in [0.25, 0.3) is 21.5 Å². The molecule has 0 saturated carbocycles. The molecule has 7 heteroatoms. The van der Waals surface area contributed by atoms with E-state index < -0.39 is 0 Å². The summed E-state index contributed by atoms with van der Waals surface area (Å²) in [4.78, 5) is 20.7. The third kappa shape index (κ3) is 3.31. The Labute approximate surface area is 158 Å². The van der Waals surface area contributed by atoms with E-state index in [1.807, 2.05) is 42.6 Å². The van der Waals surface area contributed by atoms with Gasteiger partial charge in [-0.3, -0.25) is 4.79 Å². The average Bonchev–Trinajstić information content (AvgIpc) is 3.29. The van der Waals surface area contributed by atoms with Crippen LogP contribution in [0.5, 0.6) is 0 Å². The second-order valence-electron chi connectivity index (χ2n) is 5.98. The zero-order chi connectivity index (χ0) is 18.1. The van der Waals surface area contributed by atoms with Gasteiger partial charge in [-0.05, 0) is 36.8 Å². The molecule has 3 aromatic heterocycles. The summed E-state index contributed by atoms with van der Waals surface area (Å²) in [6.07, 6.45) is 1.59. The molecule has 0 saturated heterocycles. The fourth-order valence-corrected chi connectivity index (χ4v) is 3.98. The third-order valence-corrected chi connectivity index (χ3v) is 5.31. The normalized spacial score (nSPS) is 12.5. The molecule has 1 aromatic carbocycles. The summed E-state index contributed by atoms with van der Waals surface area (Å²) in [6.45, 7) is 2.50. The van der Waals surface area contributed by atoms with Crippen LogP contribution >= 0.6 is 22.9 Å². The van der Waals surface area contributed by atoms with Crippen molar-refractivity contribution in [2.45, 2.75) is 19.5 Å². The van der Waals surface area contributed by atoms with E-state index >= 15 is 0 Å². The molecule has 132 valence electrons. The zero-order valence-corrected chi connectivity index (χ0v) is 15.5. The molecule has 0 unspecified atom stereocenters. The fraction of sp³-hybridized carbons (Fsp3) is 0.158. The van der Waals surface area contributed by atoms with Gasteiger partial charge in [0.15, 0.2) is 0 Å². The molecule has 5 nitrogen and oxygen atoms in total. The Morgan fingerprint density at radius 1 is 1.35 bits per heavy atom. The first-order valence-corrected chi connectivity index (χ1v) is 9.40. The Hall–Kier alpha value is -2.41. The first-order chi connectivity index (χ1) is 12.6. The number of nitrogens with zero attached hydrogens (tertiary/aromatic N) is 1. The van der Waals surface area contributed by atoms with E-state index in [4.69, 9.17) is 16.0 Å². The number of fused-ring (bicyclic) bond motifs is 1. The smallest absolute Gasteiger partial charge is 0.260 e. The van der Waals surface area contributed by atoms with E-state index in [0.29, 0.717) is 33.4 Å². The Kier molecular flexibility index (Phi) is 4.63. The predicted molar refractivity (Wildman–Crippen MR) is 105 cm³/mol. The number of thiophene rings is 1. The standard InChI is InChI=1S/C19H16ClN3O2S/c1-11(12-4-2-5-13(20)8-12)21-9-16-22-18(24)17-14(10-26-19(17)23-16)15-6-3-7-25-15/h2-8,10-11,21H,9H2,1H3,(H,22,23,24)/t11-/m0/s1. The van der Waals surface area contributed by atoms with Crippen molar-refractivity contribution in [3.63, 3.8) is 0 Å². The highest BCUT2D eigenvalue weighted by molar-refractivity contribution is 7.17. The third-order valence-electron chi connectivity index (χ3n) is 4.20. The Morgan fingerprint density at radius 2 is 2.23 bits per heavy atom. The van der Waals surface area contributed by atoms with Crippen LogP contribution in [-0.2, 0) is 6.54 Å². The summed E-state index contributed by atoms with van der Waals surface area (Å²) < 4.78 is 5.41. The van der Waals surface area contributed by atoms with Crippen molar-refractivity contribution in [1.82, 2.24) is 15.3 Å². The molecule has 4 aromatic rings. The molecule has 0 spiro atoms. The molecule has 0 aliphatic heterocycles. The summed E-state index contributed by atoms with van der Waals surface area (Å²) in [6, 6.07) is 11.4. The van der Waals surface area contributed by atoms with E-state index in [1.165, 1.54) is 11.3 Å². The highest BCUT2D eigenvalue weighted by Gasteiger charge is 2.15. The molecule has 2 N–H and O–H groups in total. The molecular weight excluding hydrogens is 370 g/mol. The van der Waals surface area contributed by atoms with Crippen LogP contribution in [0, 0.1) is 0 Å². The van der Waals surface area contributed by atoms with Crippen molar-refractivity contribution in [2.75, 3.05) is 0 Å². The number of furan rings is 1. The number of aromatic nitrogens is 2. The van der Waals surface area contributed by atoms with E-state index in [9.17, 15) is 4.79 Å². The summed E-state index contributed by atoms with van der Waals surface area (Å²) in [5.74, 6) is 1.27. The summed E-state index contributed by atoms with van der Waals surface area (Å²) in [5, 5.41) is 6.53. The number of halogens is 1. The van der Waals surface area contributed by atoms with Crippen molar-refractivity contribution < 1.29 is 4.42 Å². The number of rotatable bonds is 5. The lowest BCUT2D eigenvalue weighted by molar-refractivity contribution is 0.559. The lowest BCUT2D eigenvalue weighted by Gasteiger charge is -2.14. The van der Waals surface area contributed by atoms with E-state index in [0.717, 1.165) is 11.1 Å². The average molecular weight is 386 g/mol. The number of hydrogen-bond donors (Lipinski definition) is 2. The van der Waals surface area contributed by atoms with Gasteiger partial charge in [0.1, 0.15) is 16.4 Å². The van der Waals surface area contributed by atoms with Gasteiger partial charge in [0.2, 0.25) is 0 Å². The van der Waals surface area contributed by atoms with Gasteiger partial charge in [-0.15, -0.1) is 11.3 Å². The van der Waals surface area contributed by atoms with Crippen LogP contribution < -0.4 is 10.9 Å². The van der Waals surface area contributed by atoms with Crippen molar-refractivity contribution >= 4 is 33.2 Å². The minimum absolute atomic E-state index is 0.0803. The molecular formula is C19H16ClN3O2S. The largest absolute Gasteiger partial charge is 0.464 e. The molecule has 0 amide bonds. The SMILES string of the molecule is C[C@H](NCc1nc2scc(-c3ccco3)c2c(=O)[nH]1)c1cccc(Cl)c1. The van der Waals surface area contributed by atoms with Gasteiger partial charge in [0.25, 0.3) is 5.56 Å². The van der Waals surface area contributed by atoms with E-state index in [2.05, 4.69) is 15.3 Å². The van der Waals surface area contributed by atoms with Gasteiger partial charge in [0, 0.05) is 22.0 Å². The molecule has 0 bridgehead atoms. The highest BCUT2D eigenvalue weighted by atomic mass is 35.5. The number of nitrogens with one attached hydrogen (secondary N) is 2. The van der Waals surface area contributed by atoms with Gasteiger partial charge in [-0.25, -0.2) is 4.98 Å². The van der Waals surface area contributed by atoms with Crippen molar-refractivity contribution in [3.8, 4) is 11.3 Å². The number of hydrogen-bond acceptors (Lipinski definition) is 5. The van der Waals surface area contributed by atoms with Crippen LogP contribution in [0.2, 0.25) is 5.02 Å². The topological polar surface area (TPSA) is 70.9 Å². The van der Waals surface area contributed by atoms with Gasteiger partial charge in [0.05, 0.1) is 18.2 Å². The van der Waals surface area contributed by atoms with Crippen LogP contribution in [0.4, 0.5) is 0 Å². The molecule has 0 aliphatic rings. The van der Waals surface area contributed by atoms with E-state index in [-0.39, 0.29) is 11.6 Å². The summed E-state index contributed by atoms with van der Waals surface area (Å²) in [5.41, 5.74) is 1.70. The lowest BCUT2D eigenvalue weighted by atomic mass is 10.1. The van der Waals surface area contributed by atoms with Gasteiger partial charge in [-0.2, -0.15) is 0 Å². The van der Waals surface area contributed by atoms with Crippen molar-refractivity contribution in [2.24, 2.45) is 0 Å². The summed E-state index contributed by atoms with van der Waals surface area (Å²) >= 11 is 7.48.